The van der Waals surface area contributed by atoms with E-state index in [0.717, 1.165) is 5.56 Å². The van der Waals surface area contributed by atoms with Gasteiger partial charge >= 0.3 is 0 Å². The van der Waals surface area contributed by atoms with Gasteiger partial charge in [0.05, 0.1) is 11.4 Å². The number of hydrogen-bond donors (Lipinski definition) is 2. The Labute approximate surface area is 130 Å². The highest BCUT2D eigenvalue weighted by Gasteiger charge is 2.12. The molecule has 0 saturated heterocycles. The molecule has 22 heavy (non-hydrogen) atoms. The highest BCUT2D eigenvalue weighted by atomic mass is 35.5. The number of aromatic nitrogens is 2. The van der Waals surface area contributed by atoms with Crippen LogP contribution in [0, 0.1) is 5.82 Å². The van der Waals surface area contributed by atoms with Crippen molar-refractivity contribution < 1.29 is 4.39 Å². The highest BCUT2D eigenvalue weighted by molar-refractivity contribution is 6.30. The van der Waals surface area contributed by atoms with Crippen molar-refractivity contribution >= 4 is 28.8 Å². The number of rotatable bonds is 3. The Morgan fingerprint density at radius 2 is 1.91 bits per heavy atom. The molecule has 1 aromatic heterocycles. The minimum atomic E-state index is -0.383. The predicted molar refractivity (Wildman–Crippen MR) is 84.0 cm³/mol. The Kier molecular flexibility index (Phi) is 3.84. The lowest BCUT2D eigenvalue weighted by molar-refractivity contribution is 0.628. The fourth-order valence-corrected chi connectivity index (χ4v) is 2.13. The predicted octanol–water partition coefficient (Wildman–Crippen LogP) is 4.87. The van der Waals surface area contributed by atoms with E-state index in [9.17, 15) is 4.39 Å². The van der Waals surface area contributed by atoms with Gasteiger partial charge in [-0.1, -0.05) is 29.8 Å². The molecular weight excluding hydrogens is 305 g/mol. The second-order valence-corrected chi connectivity index (χ2v) is 4.96. The summed E-state index contributed by atoms with van der Waals surface area (Å²) in [6.45, 7) is 0. The van der Waals surface area contributed by atoms with Crippen molar-refractivity contribution in [3.8, 4) is 11.3 Å². The number of nitrogen functional groups attached to an aromatic ring is 1. The Hall–Kier alpha value is -2.73. The molecule has 2 aromatic carbocycles. The number of hydrogen-bond acceptors (Lipinski definition) is 4. The number of benzene rings is 2. The van der Waals surface area contributed by atoms with Gasteiger partial charge in [0.15, 0.2) is 11.5 Å². The van der Waals surface area contributed by atoms with Crippen molar-refractivity contribution in [3.63, 3.8) is 0 Å². The van der Waals surface area contributed by atoms with Gasteiger partial charge in [-0.2, -0.15) is 10.2 Å². The number of nitrogens with one attached hydrogen (secondary N) is 1. The molecule has 0 bridgehead atoms. The lowest BCUT2D eigenvalue weighted by Gasteiger charge is -2.00. The third-order valence-corrected chi connectivity index (χ3v) is 3.19. The third kappa shape index (κ3) is 2.96. The van der Waals surface area contributed by atoms with Gasteiger partial charge in [0, 0.05) is 16.7 Å². The van der Waals surface area contributed by atoms with Crippen molar-refractivity contribution in [1.82, 2.24) is 10.2 Å². The summed E-state index contributed by atoms with van der Waals surface area (Å²) >= 11 is 5.98. The van der Waals surface area contributed by atoms with E-state index < -0.39 is 0 Å². The molecule has 5 nitrogen and oxygen atoms in total. The number of halogens is 2. The van der Waals surface area contributed by atoms with E-state index in [0.29, 0.717) is 22.1 Å². The molecule has 0 aliphatic rings. The monoisotopic (exact) mass is 315 g/mol. The molecular formula is C15H11ClFN5. The van der Waals surface area contributed by atoms with Gasteiger partial charge in [0.25, 0.3) is 0 Å². The quantitative estimate of drug-likeness (QED) is 0.676. The number of nitrogens with two attached hydrogens (primary N) is 1. The van der Waals surface area contributed by atoms with Gasteiger partial charge in [0.1, 0.15) is 5.82 Å². The summed E-state index contributed by atoms with van der Waals surface area (Å²) in [5.41, 5.74) is 7.96. The molecule has 1 heterocycles. The first-order valence-electron chi connectivity index (χ1n) is 6.40. The molecule has 0 amide bonds. The second-order valence-electron chi connectivity index (χ2n) is 4.52. The maximum Gasteiger partial charge on any atom is 0.173 e. The number of anilines is 1. The van der Waals surface area contributed by atoms with Crippen LogP contribution >= 0.6 is 11.6 Å². The molecule has 0 saturated carbocycles. The van der Waals surface area contributed by atoms with Crippen LogP contribution in [-0.2, 0) is 0 Å². The van der Waals surface area contributed by atoms with Crippen LogP contribution in [0.25, 0.3) is 11.3 Å². The van der Waals surface area contributed by atoms with E-state index in [4.69, 9.17) is 17.3 Å². The number of H-pyrrole nitrogens is 1. The average molecular weight is 316 g/mol. The average Bonchev–Trinajstić information content (AvgIpc) is 2.86. The Morgan fingerprint density at radius 1 is 1.09 bits per heavy atom. The van der Waals surface area contributed by atoms with Crippen LogP contribution in [0.1, 0.15) is 0 Å². The molecule has 0 unspecified atom stereocenters. The highest BCUT2D eigenvalue weighted by Crippen LogP contribution is 2.35. The fourth-order valence-electron chi connectivity index (χ4n) is 1.94. The van der Waals surface area contributed by atoms with Crippen LogP contribution in [0.4, 0.5) is 21.6 Å². The van der Waals surface area contributed by atoms with E-state index in [1.807, 2.05) is 12.1 Å². The lowest BCUT2D eigenvalue weighted by Crippen LogP contribution is -1.83. The van der Waals surface area contributed by atoms with Crippen molar-refractivity contribution in [3.05, 3.63) is 59.4 Å². The van der Waals surface area contributed by atoms with E-state index in [1.165, 1.54) is 12.1 Å². The first-order valence-corrected chi connectivity index (χ1v) is 6.78. The maximum absolute atomic E-state index is 13.1. The topological polar surface area (TPSA) is 79.4 Å². The Morgan fingerprint density at radius 3 is 2.68 bits per heavy atom. The molecule has 0 aliphatic heterocycles. The summed E-state index contributed by atoms with van der Waals surface area (Å²) in [6, 6.07) is 13.0. The molecule has 0 aliphatic carbocycles. The summed E-state index contributed by atoms with van der Waals surface area (Å²) in [6.07, 6.45) is 0. The standard InChI is InChI=1S/C15H11ClFN5/c16-10-4-1-3-9(7-10)13-14(15(18)22-20-13)21-19-12-6-2-5-11(17)8-12/h1-8H,(H3,18,20,22). The first-order chi connectivity index (χ1) is 10.6. The maximum atomic E-state index is 13.1. The molecule has 0 atom stereocenters. The van der Waals surface area contributed by atoms with Gasteiger partial charge in [0.2, 0.25) is 0 Å². The first kappa shape index (κ1) is 14.2. The van der Waals surface area contributed by atoms with E-state index in [2.05, 4.69) is 20.4 Å². The van der Waals surface area contributed by atoms with Crippen molar-refractivity contribution in [1.29, 1.82) is 0 Å². The van der Waals surface area contributed by atoms with Gasteiger partial charge in [-0.25, -0.2) is 4.39 Å². The number of aromatic amines is 1. The van der Waals surface area contributed by atoms with E-state index in [-0.39, 0.29) is 11.6 Å². The van der Waals surface area contributed by atoms with Crippen LogP contribution in [0.5, 0.6) is 0 Å². The van der Waals surface area contributed by atoms with Gasteiger partial charge < -0.3 is 5.73 Å². The summed E-state index contributed by atoms with van der Waals surface area (Å²) in [4.78, 5) is 0. The van der Waals surface area contributed by atoms with Gasteiger partial charge in [-0.15, -0.1) is 5.11 Å². The van der Waals surface area contributed by atoms with Crippen LogP contribution in [0.3, 0.4) is 0 Å². The van der Waals surface area contributed by atoms with Gasteiger partial charge in [-0.3, -0.25) is 5.10 Å². The van der Waals surface area contributed by atoms with Crippen molar-refractivity contribution in [2.24, 2.45) is 10.2 Å². The lowest BCUT2D eigenvalue weighted by atomic mass is 10.1. The summed E-state index contributed by atoms with van der Waals surface area (Å²) in [5.74, 6) is -0.179. The number of azo groups is 1. The molecule has 0 radical (unpaired) electrons. The smallest absolute Gasteiger partial charge is 0.173 e. The summed E-state index contributed by atoms with van der Waals surface area (Å²) in [5, 5.41) is 15.4. The Balaban J connectivity index is 1.99. The fraction of sp³-hybridized carbons (Fsp3) is 0. The minimum absolute atomic E-state index is 0.204. The zero-order valence-electron chi connectivity index (χ0n) is 11.3. The van der Waals surface area contributed by atoms with E-state index in [1.54, 1.807) is 24.3 Å². The Bertz CT molecular complexity index is 843. The van der Waals surface area contributed by atoms with Crippen LogP contribution in [0.2, 0.25) is 5.02 Å². The van der Waals surface area contributed by atoms with Crippen LogP contribution in [-0.4, -0.2) is 10.2 Å². The molecule has 110 valence electrons. The zero-order valence-corrected chi connectivity index (χ0v) is 12.0. The second kappa shape index (κ2) is 5.95. The van der Waals surface area contributed by atoms with Crippen LogP contribution < -0.4 is 5.73 Å². The SMILES string of the molecule is Nc1n[nH]c(-c2cccc(Cl)c2)c1N=Nc1cccc(F)c1. The van der Waals surface area contributed by atoms with Gasteiger partial charge in [-0.05, 0) is 24.3 Å². The normalized spacial score (nSPS) is 11.2. The van der Waals surface area contributed by atoms with Crippen LogP contribution in [0.15, 0.2) is 58.8 Å². The minimum Gasteiger partial charge on any atom is -0.380 e. The third-order valence-electron chi connectivity index (χ3n) is 2.95. The molecule has 0 spiro atoms. The molecule has 0 fully saturated rings. The largest absolute Gasteiger partial charge is 0.380 e. The number of nitrogens with zero attached hydrogens (tertiary/aromatic N) is 3. The molecule has 3 rings (SSSR count). The molecule has 3 aromatic rings. The molecule has 3 N–H and O–H groups in total. The van der Waals surface area contributed by atoms with Crippen molar-refractivity contribution in [2.75, 3.05) is 5.73 Å². The van der Waals surface area contributed by atoms with Crippen molar-refractivity contribution in [2.45, 2.75) is 0 Å². The molecule has 7 heteroatoms. The summed E-state index contributed by atoms with van der Waals surface area (Å²) < 4.78 is 13.1. The summed E-state index contributed by atoms with van der Waals surface area (Å²) in [7, 11) is 0. The van der Waals surface area contributed by atoms with E-state index >= 15 is 0 Å². The zero-order chi connectivity index (χ0) is 15.5.